The van der Waals surface area contributed by atoms with E-state index in [1.807, 2.05) is 31.2 Å². The zero-order valence-electron chi connectivity index (χ0n) is 14.8. The molecule has 5 nitrogen and oxygen atoms in total. The van der Waals surface area contributed by atoms with Crippen LogP contribution in [0.2, 0.25) is 0 Å². The molecule has 1 heterocycles. The van der Waals surface area contributed by atoms with Crippen LogP contribution in [0.1, 0.15) is 24.1 Å². The number of nitrogens with one attached hydrogen (secondary N) is 2. The molecule has 2 aromatic carbocycles. The van der Waals surface area contributed by atoms with Crippen LogP contribution in [0.4, 0.5) is 8.78 Å². The third-order valence-electron chi connectivity index (χ3n) is 3.93. The summed E-state index contributed by atoms with van der Waals surface area (Å²) < 4.78 is 26.7. The predicted octanol–water partition coefficient (Wildman–Crippen LogP) is 4.03. The Morgan fingerprint density at radius 1 is 1.22 bits per heavy atom. The first kappa shape index (κ1) is 19.0. The topological polar surface area (TPSA) is 70.7 Å². The fourth-order valence-corrected chi connectivity index (χ4v) is 3.10. The van der Waals surface area contributed by atoms with Gasteiger partial charge in [-0.1, -0.05) is 47.7 Å². The predicted molar refractivity (Wildman–Crippen MR) is 100 cm³/mol. The fraction of sp³-hybridized carbons (Fsp3) is 0.211. The van der Waals surface area contributed by atoms with Gasteiger partial charge in [0.2, 0.25) is 11.1 Å². The van der Waals surface area contributed by atoms with Crippen molar-refractivity contribution in [1.82, 2.24) is 20.5 Å². The lowest BCUT2D eigenvalue weighted by Crippen LogP contribution is -2.28. The largest absolute Gasteiger partial charge is 0.349 e. The SMILES string of the molecule is Cc1ccc(-c2nc(SCC(=O)N[C@H](C)c3ccc(F)cc3F)n[nH]2)cc1. The van der Waals surface area contributed by atoms with Crippen molar-refractivity contribution in [2.24, 2.45) is 0 Å². The Balaban J connectivity index is 1.55. The minimum Gasteiger partial charge on any atom is -0.349 e. The minimum absolute atomic E-state index is 0.0817. The zero-order valence-corrected chi connectivity index (χ0v) is 15.6. The summed E-state index contributed by atoms with van der Waals surface area (Å²) >= 11 is 1.17. The monoisotopic (exact) mass is 388 g/mol. The Morgan fingerprint density at radius 3 is 2.67 bits per heavy atom. The molecule has 0 fully saturated rings. The molecular weight excluding hydrogens is 370 g/mol. The van der Waals surface area contributed by atoms with Gasteiger partial charge in [-0.15, -0.1) is 5.10 Å². The van der Waals surface area contributed by atoms with Gasteiger partial charge in [-0.05, 0) is 19.9 Å². The highest BCUT2D eigenvalue weighted by Gasteiger charge is 2.15. The van der Waals surface area contributed by atoms with Crippen molar-refractivity contribution in [2.75, 3.05) is 5.75 Å². The smallest absolute Gasteiger partial charge is 0.230 e. The van der Waals surface area contributed by atoms with Gasteiger partial charge >= 0.3 is 0 Å². The number of benzene rings is 2. The van der Waals surface area contributed by atoms with E-state index < -0.39 is 17.7 Å². The van der Waals surface area contributed by atoms with Gasteiger partial charge < -0.3 is 5.32 Å². The van der Waals surface area contributed by atoms with Gasteiger partial charge in [0.1, 0.15) is 11.6 Å². The molecule has 0 radical (unpaired) electrons. The number of thioether (sulfide) groups is 1. The number of nitrogens with zero attached hydrogens (tertiary/aromatic N) is 2. The van der Waals surface area contributed by atoms with E-state index in [0.29, 0.717) is 11.0 Å². The van der Waals surface area contributed by atoms with Crippen molar-refractivity contribution in [1.29, 1.82) is 0 Å². The van der Waals surface area contributed by atoms with E-state index in [1.165, 1.54) is 17.8 Å². The second-order valence-electron chi connectivity index (χ2n) is 6.08. The number of carbonyl (C=O) groups excluding carboxylic acids is 1. The molecule has 27 heavy (non-hydrogen) atoms. The van der Waals surface area contributed by atoms with Gasteiger partial charge in [-0.2, -0.15) is 0 Å². The van der Waals surface area contributed by atoms with Crippen molar-refractivity contribution in [3.63, 3.8) is 0 Å². The van der Waals surface area contributed by atoms with Crippen LogP contribution in [0.3, 0.4) is 0 Å². The first-order valence-corrected chi connectivity index (χ1v) is 9.27. The summed E-state index contributed by atoms with van der Waals surface area (Å²) in [4.78, 5) is 16.5. The van der Waals surface area contributed by atoms with Crippen molar-refractivity contribution in [3.05, 3.63) is 65.2 Å². The number of rotatable bonds is 6. The van der Waals surface area contributed by atoms with E-state index in [-0.39, 0.29) is 17.2 Å². The molecule has 0 unspecified atom stereocenters. The molecule has 0 aliphatic rings. The molecule has 0 spiro atoms. The molecule has 1 aromatic heterocycles. The Labute approximate surface area is 159 Å². The Bertz CT molecular complexity index is 943. The van der Waals surface area contributed by atoms with Crippen LogP contribution in [0, 0.1) is 18.6 Å². The summed E-state index contributed by atoms with van der Waals surface area (Å²) in [5, 5.41) is 10.1. The normalized spacial score (nSPS) is 12.0. The highest BCUT2D eigenvalue weighted by atomic mass is 32.2. The number of aryl methyl sites for hydroxylation is 1. The molecule has 0 saturated heterocycles. The number of H-pyrrole nitrogens is 1. The van der Waals surface area contributed by atoms with Crippen LogP contribution in [-0.2, 0) is 4.79 Å². The Morgan fingerprint density at radius 2 is 1.96 bits per heavy atom. The number of hydrogen-bond acceptors (Lipinski definition) is 4. The second-order valence-corrected chi connectivity index (χ2v) is 7.02. The molecule has 0 bridgehead atoms. The summed E-state index contributed by atoms with van der Waals surface area (Å²) in [5.74, 6) is -0.928. The standard InChI is InChI=1S/C19H18F2N4OS/c1-11-3-5-13(6-4-11)18-23-19(25-24-18)27-10-17(26)22-12(2)15-8-7-14(20)9-16(15)21/h3-9,12H,10H2,1-2H3,(H,22,26)(H,23,24,25)/t12-/m1/s1. The molecule has 3 aromatic rings. The van der Waals surface area contributed by atoms with Gasteiger partial charge in [0, 0.05) is 17.2 Å². The zero-order chi connectivity index (χ0) is 19.4. The second kappa shape index (κ2) is 8.30. The van der Waals surface area contributed by atoms with E-state index in [1.54, 1.807) is 6.92 Å². The van der Waals surface area contributed by atoms with E-state index in [2.05, 4.69) is 20.5 Å². The summed E-state index contributed by atoms with van der Waals surface area (Å²) in [7, 11) is 0. The van der Waals surface area contributed by atoms with Crippen molar-refractivity contribution in [2.45, 2.75) is 25.0 Å². The Hall–Kier alpha value is -2.74. The third-order valence-corrected chi connectivity index (χ3v) is 4.78. The third kappa shape index (κ3) is 4.91. The maximum atomic E-state index is 13.8. The van der Waals surface area contributed by atoms with Gasteiger partial charge in [0.05, 0.1) is 11.8 Å². The van der Waals surface area contributed by atoms with Crippen LogP contribution in [0.25, 0.3) is 11.4 Å². The van der Waals surface area contributed by atoms with E-state index in [9.17, 15) is 13.6 Å². The van der Waals surface area contributed by atoms with Gasteiger partial charge in [0.15, 0.2) is 5.82 Å². The molecule has 0 aliphatic carbocycles. The average molecular weight is 388 g/mol. The van der Waals surface area contributed by atoms with Crippen LogP contribution >= 0.6 is 11.8 Å². The van der Waals surface area contributed by atoms with E-state index in [0.717, 1.165) is 23.3 Å². The molecule has 0 saturated carbocycles. The molecule has 8 heteroatoms. The van der Waals surface area contributed by atoms with Crippen molar-refractivity contribution >= 4 is 17.7 Å². The van der Waals surface area contributed by atoms with E-state index in [4.69, 9.17) is 0 Å². The number of carbonyl (C=O) groups is 1. The average Bonchev–Trinajstić information content (AvgIpc) is 3.09. The molecule has 140 valence electrons. The highest BCUT2D eigenvalue weighted by Crippen LogP contribution is 2.21. The van der Waals surface area contributed by atoms with Crippen LogP contribution in [0.5, 0.6) is 0 Å². The summed E-state index contributed by atoms with van der Waals surface area (Å²) in [6.07, 6.45) is 0. The molecular formula is C19H18F2N4OS. The Kier molecular flexibility index (Phi) is 5.85. The summed E-state index contributed by atoms with van der Waals surface area (Å²) in [6, 6.07) is 10.6. The summed E-state index contributed by atoms with van der Waals surface area (Å²) in [5.41, 5.74) is 2.29. The quantitative estimate of drug-likeness (QED) is 0.626. The maximum Gasteiger partial charge on any atom is 0.230 e. The number of aromatic amines is 1. The van der Waals surface area contributed by atoms with Crippen LogP contribution in [0.15, 0.2) is 47.6 Å². The number of halogens is 2. The molecule has 3 rings (SSSR count). The summed E-state index contributed by atoms with van der Waals surface area (Å²) in [6.45, 7) is 3.64. The van der Waals surface area contributed by atoms with Crippen LogP contribution < -0.4 is 5.32 Å². The first-order valence-electron chi connectivity index (χ1n) is 8.29. The lowest BCUT2D eigenvalue weighted by Gasteiger charge is -2.14. The molecule has 1 atom stereocenters. The van der Waals surface area contributed by atoms with Crippen LogP contribution in [-0.4, -0.2) is 26.8 Å². The molecule has 1 amide bonds. The lowest BCUT2D eigenvalue weighted by atomic mass is 10.1. The maximum absolute atomic E-state index is 13.8. The van der Waals surface area contributed by atoms with Gasteiger partial charge in [-0.3, -0.25) is 9.89 Å². The van der Waals surface area contributed by atoms with Crippen molar-refractivity contribution in [3.8, 4) is 11.4 Å². The lowest BCUT2D eigenvalue weighted by molar-refractivity contribution is -0.119. The molecule has 0 aliphatic heterocycles. The van der Waals surface area contributed by atoms with Gasteiger partial charge in [0.25, 0.3) is 0 Å². The minimum atomic E-state index is -0.688. The fourth-order valence-electron chi connectivity index (χ4n) is 2.50. The van der Waals surface area contributed by atoms with E-state index >= 15 is 0 Å². The number of amides is 1. The number of aromatic nitrogens is 3. The first-order chi connectivity index (χ1) is 12.9. The molecule has 2 N–H and O–H groups in total. The van der Waals surface area contributed by atoms with Gasteiger partial charge in [-0.25, -0.2) is 13.8 Å². The number of hydrogen-bond donors (Lipinski definition) is 2. The van der Waals surface area contributed by atoms with Crippen molar-refractivity contribution < 1.29 is 13.6 Å². The highest BCUT2D eigenvalue weighted by molar-refractivity contribution is 7.99.